The number of hydrogen-bond acceptors (Lipinski definition) is 5. The molecule has 3 aromatic carbocycles. The van der Waals surface area contributed by atoms with Crippen molar-refractivity contribution in [3.63, 3.8) is 0 Å². The molecule has 3 aromatic rings. The maximum atomic E-state index is 14.3. The van der Waals surface area contributed by atoms with E-state index in [1.54, 1.807) is 4.90 Å². The number of hydrogen-bond donors (Lipinski definition) is 1. The molecular formula is C36H40N2O5. The SMILES string of the molecule is COC(=O)[C@]12C[C@H](CC(=O)NCc3cccc4ccccc34)C(=O)N(Cc3ccccc3)C1=C[C@H](C(C)C)O[C@@H]2C1CC1. The molecule has 2 heterocycles. The van der Waals surface area contributed by atoms with E-state index in [1.165, 1.54) is 7.11 Å². The molecule has 1 N–H and O–H groups in total. The molecular weight excluding hydrogens is 540 g/mol. The van der Waals surface area contributed by atoms with Crippen molar-refractivity contribution < 1.29 is 23.9 Å². The maximum Gasteiger partial charge on any atom is 0.320 e. The Bertz CT molecular complexity index is 1540. The van der Waals surface area contributed by atoms with Crippen LogP contribution in [-0.4, -0.2) is 42.0 Å². The highest BCUT2D eigenvalue weighted by molar-refractivity contribution is 5.93. The van der Waals surface area contributed by atoms with Crippen LogP contribution in [0.3, 0.4) is 0 Å². The van der Waals surface area contributed by atoms with Crippen LogP contribution in [0, 0.1) is 23.2 Å². The lowest BCUT2D eigenvalue weighted by Crippen LogP contribution is -2.61. The van der Waals surface area contributed by atoms with Gasteiger partial charge in [-0.1, -0.05) is 86.6 Å². The van der Waals surface area contributed by atoms with Crippen LogP contribution in [0.2, 0.25) is 0 Å². The number of benzene rings is 3. The Hall–Kier alpha value is -3.97. The molecule has 0 unspecified atom stereocenters. The molecule has 43 heavy (non-hydrogen) atoms. The van der Waals surface area contributed by atoms with E-state index in [-0.39, 0.29) is 42.6 Å². The number of nitrogens with one attached hydrogen (secondary N) is 1. The first-order chi connectivity index (χ1) is 20.8. The minimum Gasteiger partial charge on any atom is -0.468 e. The molecule has 3 aliphatic rings. The highest BCUT2D eigenvalue weighted by Gasteiger charge is 2.63. The van der Waals surface area contributed by atoms with Gasteiger partial charge in [-0.2, -0.15) is 0 Å². The maximum absolute atomic E-state index is 14.3. The molecule has 0 spiro atoms. The summed E-state index contributed by atoms with van der Waals surface area (Å²) in [5.41, 5.74) is 1.47. The number of likely N-dealkylation sites (tertiary alicyclic amines) is 1. The second-order valence-electron chi connectivity index (χ2n) is 12.5. The summed E-state index contributed by atoms with van der Waals surface area (Å²) in [5, 5.41) is 5.24. The predicted molar refractivity (Wildman–Crippen MR) is 164 cm³/mol. The number of carbonyl (C=O) groups excluding carboxylic acids is 3. The van der Waals surface area contributed by atoms with Crippen LogP contribution in [0.4, 0.5) is 0 Å². The van der Waals surface area contributed by atoms with Gasteiger partial charge in [0.25, 0.3) is 0 Å². The highest BCUT2D eigenvalue weighted by Crippen LogP contribution is 2.56. The topological polar surface area (TPSA) is 84.9 Å². The van der Waals surface area contributed by atoms with Gasteiger partial charge in [0.1, 0.15) is 5.41 Å². The number of esters is 1. The van der Waals surface area contributed by atoms with Crippen molar-refractivity contribution >= 4 is 28.6 Å². The van der Waals surface area contributed by atoms with Crippen LogP contribution in [0.1, 0.15) is 50.7 Å². The summed E-state index contributed by atoms with van der Waals surface area (Å²) in [6, 6.07) is 23.9. The van der Waals surface area contributed by atoms with Gasteiger partial charge < -0.3 is 19.7 Å². The summed E-state index contributed by atoms with van der Waals surface area (Å²) >= 11 is 0. The Kier molecular flexibility index (Phi) is 8.10. The van der Waals surface area contributed by atoms with Crippen LogP contribution < -0.4 is 5.32 Å². The van der Waals surface area contributed by atoms with Gasteiger partial charge in [0.15, 0.2) is 0 Å². The fourth-order valence-electron chi connectivity index (χ4n) is 6.91. The molecule has 0 radical (unpaired) electrons. The molecule has 7 nitrogen and oxygen atoms in total. The number of nitrogens with zero attached hydrogens (tertiary/aromatic N) is 1. The summed E-state index contributed by atoms with van der Waals surface area (Å²) in [4.78, 5) is 43.4. The van der Waals surface area contributed by atoms with Crippen molar-refractivity contribution in [2.45, 2.75) is 64.8 Å². The van der Waals surface area contributed by atoms with Crippen molar-refractivity contribution in [3.8, 4) is 0 Å². The molecule has 0 aromatic heterocycles. The zero-order chi connectivity index (χ0) is 30.1. The van der Waals surface area contributed by atoms with Crippen molar-refractivity contribution in [1.82, 2.24) is 10.2 Å². The van der Waals surface area contributed by atoms with E-state index in [2.05, 4.69) is 19.2 Å². The molecule has 2 fully saturated rings. The third-order valence-electron chi connectivity index (χ3n) is 9.27. The van der Waals surface area contributed by atoms with Crippen molar-refractivity contribution in [1.29, 1.82) is 0 Å². The van der Waals surface area contributed by atoms with E-state index in [9.17, 15) is 14.4 Å². The molecule has 7 heteroatoms. The number of rotatable bonds is 9. The average Bonchev–Trinajstić information content (AvgIpc) is 3.87. The molecule has 4 atom stereocenters. The quantitative estimate of drug-likeness (QED) is 0.325. The van der Waals surface area contributed by atoms with Gasteiger partial charge in [-0.05, 0) is 59.1 Å². The van der Waals surface area contributed by atoms with Crippen LogP contribution in [-0.2, 0) is 36.9 Å². The van der Waals surface area contributed by atoms with Gasteiger partial charge in [-0.25, -0.2) is 0 Å². The van der Waals surface area contributed by atoms with Gasteiger partial charge >= 0.3 is 5.97 Å². The Morgan fingerprint density at radius 3 is 2.47 bits per heavy atom. The van der Waals surface area contributed by atoms with Gasteiger partial charge in [0.2, 0.25) is 11.8 Å². The van der Waals surface area contributed by atoms with E-state index in [1.807, 2.05) is 78.9 Å². The zero-order valence-corrected chi connectivity index (χ0v) is 25.1. The minimum atomic E-state index is -1.16. The molecule has 224 valence electrons. The second kappa shape index (κ2) is 12.0. The molecule has 1 saturated heterocycles. The normalized spacial score (nSPS) is 25.3. The van der Waals surface area contributed by atoms with E-state index < -0.39 is 23.4 Å². The highest BCUT2D eigenvalue weighted by atomic mass is 16.5. The number of methoxy groups -OCH3 is 1. The lowest BCUT2D eigenvalue weighted by Gasteiger charge is -2.53. The summed E-state index contributed by atoms with van der Waals surface area (Å²) in [5.74, 6) is -1.10. The molecule has 6 rings (SSSR count). The average molecular weight is 581 g/mol. The van der Waals surface area contributed by atoms with Crippen molar-refractivity contribution in [3.05, 3.63) is 95.7 Å². The lowest BCUT2D eigenvalue weighted by molar-refractivity contribution is -0.182. The molecule has 0 bridgehead atoms. The summed E-state index contributed by atoms with van der Waals surface area (Å²) < 4.78 is 12.2. The number of piperidine rings is 1. The smallest absolute Gasteiger partial charge is 0.320 e. The Labute approximate surface area is 253 Å². The molecule has 2 amide bonds. The first kappa shape index (κ1) is 29.1. The van der Waals surface area contributed by atoms with Crippen LogP contribution >= 0.6 is 0 Å². The van der Waals surface area contributed by atoms with Crippen molar-refractivity contribution in [2.75, 3.05) is 7.11 Å². The third-order valence-corrected chi connectivity index (χ3v) is 9.27. The fourth-order valence-corrected chi connectivity index (χ4v) is 6.91. The van der Waals surface area contributed by atoms with Crippen LogP contribution in [0.5, 0.6) is 0 Å². The minimum absolute atomic E-state index is 0.0219. The number of fused-ring (bicyclic) bond motifs is 2. The standard InChI is InChI=1S/C36H40N2O5/c1-23(2)30-19-31-36(35(41)42-3,33(43-30)26-16-17-26)20-28(34(40)38(31)22-24-10-5-4-6-11-24)18-32(39)37-21-27-14-9-13-25-12-7-8-15-29(25)27/h4-15,19,23,26,28,30,33H,16-18,20-22H2,1-3H3,(H,37,39)/t28-,30+,33+,36+/m0/s1. The number of ether oxygens (including phenoxy) is 2. The largest absolute Gasteiger partial charge is 0.468 e. The van der Waals surface area contributed by atoms with E-state index in [0.717, 1.165) is 34.7 Å². The van der Waals surface area contributed by atoms with E-state index in [0.29, 0.717) is 18.8 Å². The zero-order valence-electron chi connectivity index (χ0n) is 25.1. The first-order valence-electron chi connectivity index (χ1n) is 15.4. The first-order valence-corrected chi connectivity index (χ1v) is 15.4. The van der Waals surface area contributed by atoms with E-state index in [4.69, 9.17) is 9.47 Å². The summed E-state index contributed by atoms with van der Waals surface area (Å²) in [6.07, 6.45) is 3.41. The van der Waals surface area contributed by atoms with Crippen molar-refractivity contribution in [2.24, 2.45) is 23.2 Å². The molecule has 1 aliphatic carbocycles. The molecule has 2 aliphatic heterocycles. The second-order valence-corrected chi connectivity index (χ2v) is 12.5. The van der Waals surface area contributed by atoms with Gasteiger partial charge in [-0.15, -0.1) is 0 Å². The van der Waals surface area contributed by atoms with Crippen LogP contribution in [0.25, 0.3) is 10.8 Å². The monoisotopic (exact) mass is 580 g/mol. The molecule has 1 saturated carbocycles. The lowest BCUT2D eigenvalue weighted by atomic mass is 9.64. The Morgan fingerprint density at radius 2 is 1.74 bits per heavy atom. The number of carbonyl (C=O) groups is 3. The van der Waals surface area contributed by atoms with Gasteiger partial charge in [0, 0.05) is 24.6 Å². The number of amides is 2. The third kappa shape index (κ3) is 5.58. The Balaban J connectivity index is 1.33. The fraction of sp³-hybridized carbons (Fsp3) is 0.417. The van der Waals surface area contributed by atoms with Crippen LogP contribution in [0.15, 0.2) is 84.6 Å². The van der Waals surface area contributed by atoms with Gasteiger partial charge in [-0.3, -0.25) is 14.4 Å². The Morgan fingerprint density at radius 1 is 1.02 bits per heavy atom. The van der Waals surface area contributed by atoms with Gasteiger partial charge in [0.05, 0.1) is 25.9 Å². The van der Waals surface area contributed by atoms with E-state index >= 15 is 0 Å². The summed E-state index contributed by atoms with van der Waals surface area (Å²) in [6.45, 7) is 4.84. The predicted octanol–water partition coefficient (Wildman–Crippen LogP) is 5.77. The summed E-state index contributed by atoms with van der Waals surface area (Å²) in [7, 11) is 1.40.